The maximum absolute atomic E-state index is 6.30. The molecule has 12 rings (SSSR count). The van der Waals surface area contributed by atoms with E-state index in [1.165, 1.54) is 49.7 Å². The topological polar surface area (TPSA) is 16.4 Å². The number of anilines is 3. The Kier molecular flexibility index (Phi) is 9.89. The van der Waals surface area contributed by atoms with Crippen LogP contribution in [0.4, 0.5) is 17.1 Å². The molecule has 0 N–H and O–H groups in total. The molecule has 2 nitrogen and oxygen atoms in total. The van der Waals surface area contributed by atoms with Crippen LogP contribution in [0.5, 0.6) is 0 Å². The van der Waals surface area contributed by atoms with Gasteiger partial charge in [-0.15, -0.1) is 0 Å². The molecule has 0 aliphatic rings. The van der Waals surface area contributed by atoms with Gasteiger partial charge in [-0.1, -0.05) is 212 Å². The van der Waals surface area contributed by atoms with Crippen molar-refractivity contribution in [2.75, 3.05) is 4.90 Å². The van der Waals surface area contributed by atoms with Crippen LogP contribution in [-0.2, 0) is 0 Å². The Labute approximate surface area is 384 Å². The molecule has 2 heteroatoms. The number of hydrogen-bond donors (Lipinski definition) is 0. The Morgan fingerprint density at radius 2 is 0.773 bits per heavy atom. The van der Waals surface area contributed by atoms with E-state index in [2.05, 4.69) is 254 Å². The molecule has 0 radical (unpaired) electrons. The van der Waals surface area contributed by atoms with Crippen LogP contribution in [0, 0.1) is 0 Å². The van der Waals surface area contributed by atoms with Crippen LogP contribution in [0.15, 0.2) is 265 Å². The van der Waals surface area contributed by atoms with E-state index in [0.717, 1.165) is 66.8 Å². The molecule has 0 unspecified atom stereocenters. The second kappa shape index (κ2) is 16.8. The van der Waals surface area contributed by atoms with Gasteiger partial charge in [-0.05, 0) is 115 Å². The van der Waals surface area contributed by atoms with Crippen molar-refractivity contribution >= 4 is 49.8 Å². The molecule has 0 aliphatic carbocycles. The minimum atomic E-state index is 0.882. The van der Waals surface area contributed by atoms with Crippen LogP contribution in [-0.4, -0.2) is 0 Å². The van der Waals surface area contributed by atoms with Gasteiger partial charge in [-0.25, -0.2) is 0 Å². The molecule has 0 saturated heterocycles. The predicted molar refractivity (Wildman–Crippen MR) is 279 cm³/mol. The summed E-state index contributed by atoms with van der Waals surface area (Å²) in [4.78, 5) is 2.45. The first kappa shape index (κ1) is 38.9. The van der Waals surface area contributed by atoms with E-state index in [1.54, 1.807) is 0 Å². The summed E-state index contributed by atoms with van der Waals surface area (Å²) in [6.45, 7) is 0. The molecule has 0 fully saturated rings. The quantitative estimate of drug-likeness (QED) is 0.144. The molecule has 310 valence electrons. The Morgan fingerprint density at radius 1 is 0.258 bits per heavy atom. The van der Waals surface area contributed by atoms with Gasteiger partial charge in [0.25, 0.3) is 0 Å². The third-order valence-corrected chi connectivity index (χ3v) is 12.9. The maximum atomic E-state index is 6.30. The van der Waals surface area contributed by atoms with Crippen LogP contribution in [0.3, 0.4) is 0 Å². The molecular weight excluding hydrogens is 799 g/mol. The summed E-state index contributed by atoms with van der Waals surface area (Å²) in [6, 6.07) is 94.0. The number of furan rings is 1. The van der Waals surface area contributed by atoms with Crippen molar-refractivity contribution < 1.29 is 4.42 Å². The van der Waals surface area contributed by atoms with Crippen molar-refractivity contribution in [3.8, 4) is 66.8 Å². The lowest BCUT2D eigenvalue weighted by molar-refractivity contribution is 0.669. The lowest BCUT2D eigenvalue weighted by Crippen LogP contribution is -2.12. The van der Waals surface area contributed by atoms with Gasteiger partial charge in [0, 0.05) is 27.6 Å². The highest BCUT2D eigenvalue weighted by Gasteiger charge is 2.23. The molecule has 0 atom stereocenters. The molecule has 1 aromatic heterocycles. The van der Waals surface area contributed by atoms with E-state index in [1.807, 2.05) is 12.1 Å². The van der Waals surface area contributed by atoms with Crippen LogP contribution in [0.2, 0.25) is 0 Å². The second-order valence-electron chi connectivity index (χ2n) is 16.8. The fourth-order valence-corrected chi connectivity index (χ4v) is 9.79. The van der Waals surface area contributed by atoms with Crippen molar-refractivity contribution in [3.05, 3.63) is 261 Å². The molecule has 1 heterocycles. The smallest absolute Gasteiger partial charge is 0.135 e. The normalized spacial score (nSPS) is 11.3. The summed E-state index contributed by atoms with van der Waals surface area (Å²) in [5.74, 6) is 0. The highest BCUT2D eigenvalue weighted by atomic mass is 16.3. The number of hydrogen-bond acceptors (Lipinski definition) is 2. The van der Waals surface area contributed by atoms with Crippen molar-refractivity contribution in [2.45, 2.75) is 0 Å². The van der Waals surface area contributed by atoms with Crippen LogP contribution in [0.1, 0.15) is 0 Å². The molecule has 0 aliphatic heterocycles. The SMILES string of the molecule is c1ccc(-c2ccc(-c3ccc(N(c4ccccc4-c4ccc5oc6ccccc6c5c4)c4ccccc4-c4cccc5cccc(-c6ccccc6)c45)cc3)cc2-c2ccccc2)cc1. The lowest BCUT2D eigenvalue weighted by atomic mass is 9.90. The summed E-state index contributed by atoms with van der Waals surface area (Å²) < 4.78 is 6.30. The van der Waals surface area contributed by atoms with Gasteiger partial charge in [0.2, 0.25) is 0 Å². The maximum Gasteiger partial charge on any atom is 0.135 e. The van der Waals surface area contributed by atoms with Crippen molar-refractivity contribution in [1.82, 2.24) is 0 Å². The zero-order valence-electron chi connectivity index (χ0n) is 36.2. The number of rotatable bonds is 9. The van der Waals surface area contributed by atoms with Gasteiger partial charge in [0.05, 0.1) is 11.4 Å². The molecule has 11 aromatic carbocycles. The van der Waals surface area contributed by atoms with Gasteiger partial charge in [0.1, 0.15) is 11.2 Å². The molecular formula is C64H43NO. The Bertz CT molecular complexity index is 3680. The first-order valence-electron chi connectivity index (χ1n) is 22.6. The zero-order chi connectivity index (χ0) is 43.8. The van der Waals surface area contributed by atoms with Gasteiger partial charge < -0.3 is 9.32 Å². The van der Waals surface area contributed by atoms with Crippen LogP contribution < -0.4 is 4.90 Å². The minimum absolute atomic E-state index is 0.882. The average molecular weight is 842 g/mol. The van der Waals surface area contributed by atoms with Crippen molar-refractivity contribution in [3.63, 3.8) is 0 Å². The summed E-state index contributed by atoms with van der Waals surface area (Å²) >= 11 is 0. The van der Waals surface area contributed by atoms with E-state index in [-0.39, 0.29) is 0 Å². The molecule has 0 amide bonds. The standard InChI is InChI=1S/C64H43NO/c1-4-18-45(19-5-1)52-40-36-49(42-58(52)47-22-8-3-9-23-47)44-34-38-51(39-35-44)65(60-31-13-10-26-53(60)50-37-41-63-59(43-50)56-28-12-15-33-62(56)66-63)61-32-14-11-27-55(61)57-30-17-25-48-24-16-29-54(64(48)57)46-20-6-2-7-21-46/h1-43H. The Hall–Kier alpha value is -8.72. The first-order valence-corrected chi connectivity index (χ1v) is 22.6. The van der Waals surface area contributed by atoms with Crippen molar-refractivity contribution in [2.24, 2.45) is 0 Å². The second-order valence-corrected chi connectivity index (χ2v) is 16.8. The van der Waals surface area contributed by atoms with Gasteiger partial charge in [0.15, 0.2) is 0 Å². The largest absolute Gasteiger partial charge is 0.456 e. The molecule has 66 heavy (non-hydrogen) atoms. The van der Waals surface area contributed by atoms with E-state index in [9.17, 15) is 0 Å². The monoisotopic (exact) mass is 841 g/mol. The van der Waals surface area contributed by atoms with E-state index in [4.69, 9.17) is 4.42 Å². The third-order valence-electron chi connectivity index (χ3n) is 12.9. The summed E-state index contributed by atoms with van der Waals surface area (Å²) in [5.41, 5.74) is 19.1. The zero-order valence-corrected chi connectivity index (χ0v) is 36.2. The summed E-state index contributed by atoms with van der Waals surface area (Å²) in [7, 11) is 0. The molecule has 0 bridgehead atoms. The Balaban J connectivity index is 1.05. The van der Waals surface area contributed by atoms with Crippen LogP contribution in [0.25, 0.3) is 99.5 Å². The number of fused-ring (bicyclic) bond motifs is 4. The van der Waals surface area contributed by atoms with E-state index >= 15 is 0 Å². The van der Waals surface area contributed by atoms with Crippen molar-refractivity contribution in [1.29, 1.82) is 0 Å². The fraction of sp³-hybridized carbons (Fsp3) is 0. The van der Waals surface area contributed by atoms with E-state index in [0.29, 0.717) is 0 Å². The fourth-order valence-electron chi connectivity index (χ4n) is 9.79. The van der Waals surface area contributed by atoms with Crippen LogP contribution >= 0.6 is 0 Å². The average Bonchev–Trinajstić information content (AvgIpc) is 3.78. The third kappa shape index (κ3) is 7.02. The number of benzene rings is 11. The molecule has 0 saturated carbocycles. The molecule has 0 spiro atoms. The minimum Gasteiger partial charge on any atom is -0.456 e. The predicted octanol–water partition coefficient (Wildman–Crippen LogP) is 18.2. The van der Waals surface area contributed by atoms with Gasteiger partial charge >= 0.3 is 0 Å². The first-order chi connectivity index (χ1) is 32.7. The van der Waals surface area contributed by atoms with Gasteiger partial charge in [-0.2, -0.15) is 0 Å². The number of para-hydroxylation sites is 3. The van der Waals surface area contributed by atoms with Gasteiger partial charge in [-0.3, -0.25) is 0 Å². The lowest BCUT2D eigenvalue weighted by Gasteiger charge is -2.30. The highest BCUT2D eigenvalue weighted by molar-refractivity contribution is 6.10. The Morgan fingerprint density at radius 3 is 1.48 bits per heavy atom. The molecule has 12 aromatic rings. The number of nitrogens with zero attached hydrogens (tertiary/aromatic N) is 1. The summed E-state index contributed by atoms with van der Waals surface area (Å²) in [6.07, 6.45) is 0. The van der Waals surface area contributed by atoms with E-state index < -0.39 is 0 Å². The highest BCUT2D eigenvalue weighted by Crippen LogP contribution is 2.48. The summed E-state index contributed by atoms with van der Waals surface area (Å²) in [5, 5.41) is 4.65.